The molecular formula is C19H27N3O5. The van der Waals surface area contributed by atoms with Gasteiger partial charge in [-0.3, -0.25) is 19.2 Å². The number of anilines is 1. The van der Waals surface area contributed by atoms with E-state index in [4.69, 9.17) is 10.8 Å². The van der Waals surface area contributed by atoms with Gasteiger partial charge in [-0.05, 0) is 44.4 Å². The van der Waals surface area contributed by atoms with E-state index < -0.39 is 35.5 Å². The summed E-state index contributed by atoms with van der Waals surface area (Å²) in [5.74, 6) is -3.57. The fourth-order valence-corrected chi connectivity index (χ4v) is 2.42. The summed E-state index contributed by atoms with van der Waals surface area (Å²) in [6.07, 6.45) is 1.54. The maximum absolute atomic E-state index is 12.5. The van der Waals surface area contributed by atoms with Crippen molar-refractivity contribution in [2.75, 3.05) is 11.9 Å². The second-order valence-electron chi connectivity index (χ2n) is 6.36. The highest BCUT2D eigenvalue weighted by Gasteiger charge is 2.28. The van der Waals surface area contributed by atoms with Crippen LogP contribution in [0.5, 0.6) is 0 Å². The molecule has 0 saturated heterocycles. The van der Waals surface area contributed by atoms with Crippen LogP contribution in [0.25, 0.3) is 0 Å². The first-order valence-corrected chi connectivity index (χ1v) is 8.97. The smallest absolute Gasteiger partial charge is 0.303 e. The number of ketones is 1. The third kappa shape index (κ3) is 8.46. The van der Waals surface area contributed by atoms with Crippen molar-refractivity contribution in [3.05, 3.63) is 30.3 Å². The normalized spacial score (nSPS) is 12.7. The Morgan fingerprint density at radius 2 is 1.74 bits per heavy atom. The third-order valence-electron chi connectivity index (χ3n) is 4.07. The van der Waals surface area contributed by atoms with Crippen molar-refractivity contribution in [2.45, 2.75) is 45.1 Å². The molecule has 0 aliphatic heterocycles. The number of carbonyl (C=O) groups excluding carboxylic acids is 3. The highest BCUT2D eigenvalue weighted by Crippen LogP contribution is 2.10. The molecule has 5 N–H and O–H groups in total. The minimum atomic E-state index is -0.993. The Morgan fingerprint density at radius 1 is 1.07 bits per heavy atom. The van der Waals surface area contributed by atoms with Crippen LogP contribution >= 0.6 is 0 Å². The molecule has 1 aromatic rings. The number of hydrogen-bond donors (Lipinski definition) is 4. The van der Waals surface area contributed by atoms with E-state index in [1.54, 1.807) is 37.3 Å². The summed E-state index contributed by atoms with van der Waals surface area (Å²) in [6.45, 7) is 2.03. The van der Waals surface area contributed by atoms with Crippen LogP contribution in [0.15, 0.2) is 30.3 Å². The Morgan fingerprint density at radius 3 is 2.33 bits per heavy atom. The summed E-state index contributed by atoms with van der Waals surface area (Å²) < 4.78 is 0. The fraction of sp³-hybridized carbons (Fsp3) is 0.474. The Bertz CT molecular complexity index is 648. The molecule has 0 bridgehead atoms. The molecule has 0 unspecified atom stereocenters. The molecule has 0 aromatic heterocycles. The van der Waals surface area contributed by atoms with Gasteiger partial charge in [0, 0.05) is 18.0 Å². The van der Waals surface area contributed by atoms with Crippen LogP contribution in [0.3, 0.4) is 0 Å². The van der Waals surface area contributed by atoms with Crippen molar-refractivity contribution < 1.29 is 24.3 Å². The lowest BCUT2D eigenvalue weighted by atomic mass is 10.0. The van der Waals surface area contributed by atoms with Crippen LogP contribution in [0.4, 0.5) is 5.69 Å². The minimum absolute atomic E-state index is 0.144. The van der Waals surface area contributed by atoms with E-state index in [1.807, 2.05) is 0 Å². The van der Waals surface area contributed by atoms with E-state index in [0.29, 0.717) is 25.1 Å². The molecule has 8 nitrogen and oxygen atoms in total. The van der Waals surface area contributed by atoms with Crippen molar-refractivity contribution in [1.82, 2.24) is 5.32 Å². The molecule has 0 radical (unpaired) electrons. The minimum Gasteiger partial charge on any atom is -0.481 e. The summed E-state index contributed by atoms with van der Waals surface area (Å²) >= 11 is 0. The molecule has 0 heterocycles. The number of hydrogen-bond acceptors (Lipinski definition) is 5. The van der Waals surface area contributed by atoms with Crippen LogP contribution in [-0.2, 0) is 19.2 Å². The van der Waals surface area contributed by atoms with Gasteiger partial charge in [0.2, 0.25) is 11.7 Å². The molecule has 0 saturated carbocycles. The molecule has 148 valence electrons. The van der Waals surface area contributed by atoms with E-state index in [2.05, 4.69) is 10.6 Å². The van der Waals surface area contributed by atoms with Crippen LogP contribution in [-0.4, -0.2) is 41.3 Å². The number of carboxylic acid groups (broad SMARTS) is 1. The van der Waals surface area contributed by atoms with Gasteiger partial charge >= 0.3 is 5.97 Å². The molecule has 2 atom stereocenters. The first-order valence-electron chi connectivity index (χ1n) is 8.97. The van der Waals surface area contributed by atoms with Crippen molar-refractivity contribution in [1.29, 1.82) is 0 Å². The Balaban J connectivity index is 2.73. The predicted molar refractivity (Wildman–Crippen MR) is 101 cm³/mol. The molecular weight excluding hydrogens is 350 g/mol. The number of carboxylic acids is 1. The quantitative estimate of drug-likeness (QED) is 0.320. The number of Topliss-reactive ketones (excluding diaryl/α,β-unsaturated/α-hetero) is 1. The van der Waals surface area contributed by atoms with E-state index >= 15 is 0 Å². The fourth-order valence-electron chi connectivity index (χ4n) is 2.42. The number of carbonyl (C=O) groups is 4. The predicted octanol–water partition coefficient (Wildman–Crippen LogP) is 1.31. The lowest BCUT2D eigenvalue weighted by Crippen LogP contribution is -2.47. The van der Waals surface area contributed by atoms with Gasteiger partial charge in [-0.15, -0.1) is 0 Å². The summed E-state index contributed by atoms with van der Waals surface area (Å²) in [7, 11) is 0. The van der Waals surface area contributed by atoms with Crippen LogP contribution < -0.4 is 16.4 Å². The SMILES string of the molecule is C[C@@H](CCC(=O)O)C(=O)N[C@@H](CCCCN)C(=O)C(=O)Nc1ccccc1. The van der Waals surface area contributed by atoms with E-state index in [-0.39, 0.29) is 19.3 Å². The standard InChI is InChI=1S/C19H27N3O5/c1-13(10-11-16(23)24)18(26)22-15(9-5-6-12-20)17(25)19(27)21-14-7-3-2-4-8-14/h2-4,7-8,13,15H,5-6,9-12,20H2,1H3,(H,21,27)(H,22,26)(H,23,24)/t13-,15-/m0/s1. The van der Waals surface area contributed by atoms with Gasteiger partial charge in [-0.25, -0.2) is 0 Å². The largest absolute Gasteiger partial charge is 0.481 e. The van der Waals surface area contributed by atoms with E-state index in [0.717, 1.165) is 0 Å². The number of benzene rings is 1. The van der Waals surface area contributed by atoms with Crippen molar-refractivity contribution in [3.63, 3.8) is 0 Å². The number of rotatable bonds is 12. The lowest BCUT2D eigenvalue weighted by Gasteiger charge is -2.19. The summed E-state index contributed by atoms with van der Waals surface area (Å²) in [4.78, 5) is 47.7. The number of para-hydroxylation sites is 1. The zero-order valence-electron chi connectivity index (χ0n) is 15.4. The monoisotopic (exact) mass is 377 g/mol. The van der Waals surface area contributed by atoms with Crippen LogP contribution in [0.1, 0.15) is 39.0 Å². The van der Waals surface area contributed by atoms with Crippen LogP contribution in [0, 0.1) is 5.92 Å². The number of nitrogens with two attached hydrogens (primary N) is 1. The van der Waals surface area contributed by atoms with Gasteiger partial charge in [-0.1, -0.05) is 25.1 Å². The maximum atomic E-state index is 12.5. The number of unbranched alkanes of at least 4 members (excludes halogenated alkanes) is 1. The highest BCUT2D eigenvalue weighted by molar-refractivity contribution is 6.42. The second-order valence-corrected chi connectivity index (χ2v) is 6.36. The van der Waals surface area contributed by atoms with Gasteiger partial charge in [0.1, 0.15) is 0 Å². The average molecular weight is 377 g/mol. The van der Waals surface area contributed by atoms with Gasteiger partial charge in [0.05, 0.1) is 6.04 Å². The molecule has 0 fully saturated rings. The first-order chi connectivity index (χ1) is 12.8. The van der Waals surface area contributed by atoms with Gasteiger partial charge in [0.25, 0.3) is 5.91 Å². The van der Waals surface area contributed by atoms with Gasteiger partial charge < -0.3 is 21.5 Å². The second kappa shape index (κ2) is 11.8. The van der Waals surface area contributed by atoms with Crippen molar-refractivity contribution >= 4 is 29.3 Å². The van der Waals surface area contributed by atoms with E-state index in [1.165, 1.54) is 0 Å². The summed E-state index contributed by atoms with van der Waals surface area (Å²) in [5, 5.41) is 13.8. The highest BCUT2D eigenvalue weighted by atomic mass is 16.4. The van der Waals surface area contributed by atoms with Gasteiger partial charge in [0.15, 0.2) is 0 Å². The Labute approximate surface area is 158 Å². The zero-order chi connectivity index (χ0) is 20.2. The maximum Gasteiger partial charge on any atom is 0.303 e. The molecule has 1 rings (SSSR count). The molecule has 8 heteroatoms. The van der Waals surface area contributed by atoms with Crippen LogP contribution in [0.2, 0.25) is 0 Å². The number of aliphatic carboxylic acids is 1. The molecule has 0 spiro atoms. The molecule has 27 heavy (non-hydrogen) atoms. The summed E-state index contributed by atoms with van der Waals surface area (Å²) in [6, 6.07) is 7.57. The van der Waals surface area contributed by atoms with Gasteiger partial charge in [-0.2, -0.15) is 0 Å². The molecule has 0 aliphatic carbocycles. The molecule has 0 aliphatic rings. The summed E-state index contributed by atoms with van der Waals surface area (Å²) in [5.41, 5.74) is 5.95. The average Bonchev–Trinajstić information content (AvgIpc) is 2.65. The Kier molecular flexibility index (Phi) is 9.74. The molecule has 2 amide bonds. The topological polar surface area (TPSA) is 139 Å². The zero-order valence-corrected chi connectivity index (χ0v) is 15.4. The Hall–Kier alpha value is -2.74. The van der Waals surface area contributed by atoms with Crippen molar-refractivity contribution in [2.24, 2.45) is 11.7 Å². The van der Waals surface area contributed by atoms with Crippen molar-refractivity contribution in [3.8, 4) is 0 Å². The molecule has 1 aromatic carbocycles. The third-order valence-corrected chi connectivity index (χ3v) is 4.07. The van der Waals surface area contributed by atoms with E-state index in [9.17, 15) is 19.2 Å². The first kappa shape index (κ1) is 22.3. The number of nitrogens with one attached hydrogen (secondary N) is 2. The lowest BCUT2D eigenvalue weighted by molar-refractivity contribution is -0.138. The number of amides is 2.